The smallest absolute Gasteiger partial charge is 0.339 e. The SMILES string of the molecule is CC(O)c1ccncc1.CN(C)c1ccncc1.COC(=O)c1cccnc1.COc1ccccn1.Cc1ccc(O)cn1.O=C(O)c1cccnc1.Oc1cccnc1.c1cc(N2CCCC2)ccn1.c1ccc(Nc2ccccn2)cc1. The maximum absolute atomic E-state index is 10.8. The molecule has 1 atom stereocenters. The fourth-order valence-corrected chi connectivity index (χ4v) is 6.29. The molecule has 84 heavy (non-hydrogen) atoms. The van der Waals surface area contributed by atoms with E-state index in [1.165, 1.54) is 81.5 Å². The number of hydrogen-bond donors (Lipinski definition) is 5. The first-order valence-corrected chi connectivity index (χ1v) is 26.1. The summed E-state index contributed by atoms with van der Waals surface area (Å²) >= 11 is 0. The van der Waals surface area contributed by atoms with E-state index in [2.05, 4.69) is 71.9 Å². The minimum atomic E-state index is -0.942. The summed E-state index contributed by atoms with van der Waals surface area (Å²) in [5.41, 5.74) is 6.08. The number of aromatic hydroxyl groups is 2. The molecule has 10 heterocycles. The third-order valence-electron chi connectivity index (χ3n) is 10.6. The summed E-state index contributed by atoms with van der Waals surface area (Å²) < 4.78 is 9.26. The van der Waals surface area contributed by atoms with E-state index < -0.39 is 5.97 Å². The van der Waals surface area contributed by atoms with Gasteiger partial charge in [0, 0.05) is 137 Å². The predicted octanol–water partition coefficient (Wildman–Crippen LogP) is 11.4. The zero-order valence-corrected chi connectivity index (χ0v) is 47.8. The van der Waals surface area contributed by atoms with Crippen molar-refractivity contribution in [2.75, 3.05) is 56.5 Å². The maximum atomic E-state index is 10.8. The van der Waals surface area contributed by atoms with Crippen molar-refractivity contribution < 1.29 is 39.5 Å². The van der Waals surface area contributed by atoms with Crippen molar-refractivity contribution in [3.8, 4) is 17.4 Å². The molecule has 10 aromatic rings. The molecule has 0 bridgehead atoms. The summed E-state index contributed by atoms with van der Waals surface area (Å²) in [7, 11) is 6.96. The molecule has 0 spiro atoms. The average Bonchev–Trinajstić information content (AvgIpc) is 4.13. The number of hydrogen-bond acceptors (Lipinski definition) is 19. The Balaban J connectivity index is 0.000000249. The normalized spacial score (nSPS) is 10.5. The molecule has 11 rings (SSSR count). The number of nitrogens with one attached hydrogen (secondary N) is 1. The number of esters is 1. The van der Waals surface area contributed by atoms with E-state index in [0.29, 0.717) is 11.4 Å². The van der Waals surface area contributed by atoms with E-state index in [-0.39, 0.29) is 29.1 Å². The molecule has 5 N–H and O–H groups in total. The largest absolute Gasteiger partial charge is 0.506 e. The van der Waals surface area contributed by atoms with Gasteiger partial charge in [-0.2, -0.15) is 0 Å². The third kappa shape index (κ3) is 31.2. The Morgan fingerprint density at radius 3 is 1.46 bits per heavy atom. The Labute approximate surface area is 491 Å². The van der Waals surface area contributed by atoms with Gasteiger partial charge in [-0.1, -0.05) is 30.3 Å². The predicted molar refractivity (Wildman–Crippen MR) is 327 cm³/mol. The molecule has 20 heteroatoms. The number of para-hydroxylation sites is 1. The second kappa shape index (κ2) is 42.2. The number of carbonyl (C=O) groups is 2. The van der Waals surface area contributed by atoms with E-state index in [1.54, 1.807) is 124 Å². The lowest BCUT2D eigenvalue weighted by atomic mass is 10.2. The topological polar surface area (TPSA) is 268 Å². The molecule has 1 saturated heterocycles. The number of aliphatic hydroxyl groups is 1. The summed E-state index contributed by atoms with van der Waals surface area (Å²) in [6, 6.07) is 46.1. The van der Waals surface area contributed by atoms with Crippen molar-refractivity contribution in [3.05, 3.63) is 267 Å². The van der Waals surface area contributed by atoms with E-state index in [4.69, 9.17) is 25.2 Å². The number of carboxylic acids is 1. The van der Waals surface area contributed by atoms with Gasteiger partial charge in [0.1, 0.15) is 17.3 Å². The van der Waals surface area contributed by atoms with E-state index in [1.807, 2.05) is 111 Å². The number of nitrogens with zero attached hydrogens (tertiary/aromatic N) is 11. The van der Waals surface area contributed by atoms with Crippen molar-refractivity contribution in [1.29, 1.82) is 0 Å². The van der Waals surface area contributed by atoms with Gasteiger partial charge >= 0.3 is 11.9 Å². The van der Waals surface area contributed by atoms with Crippen LogP contribution in [0, 0.1) is 6.92 Å². The highest BCUT2D eigenvalue weighted by Gasteiger charge is 2.11. The summed E-state index contributed by atoms with van der Waals surface area (Å²) in [5.74, 6) is 0.663. The van der Waals surface area contributed by atoms with E-state index in [9.17, 15) is 9.59 Å². The highest BCUT2D eigenvalue weighted by atomic mass is 16.5. The molecule has 1 fully saturated rings. The van der Waals surface area contributed by atoms with Crippen molar-refractivity contribution in [1.82, 2.24) is 44.9 Å². The molecule has 0 amide bonds. The number of carbonyl (C=O) groups excluding carboxylic acids is 1. The number of ether oxygens (including phenoxy) is 2. The lowest BCUT2D eigenvalue weighted by Gasteiger charge is -2.16. The highest BCUT2D eigenvalue weighted by Crippen LogP contribution is 2.18. The number of anilines is 4. The minimum Gasteiger partial charge on any atom is -0.506 e. The number of carboxylic acid groups (broad SMARTS) is 1. The summed E-state index contributed by atoms with van der Waals surface area (Å²) in [6.45, 7) is 6.03. The first-order chi connectivity index (χ1) is 40.8. The van der Waals surface area contributed by atoms with Gasteiger partial charge in [0.05, 0.1) is 43.8 Å². The molecule has 1 aromatic carbocycles. The molecular weight excluding hydrogens is 1060 g/mol. The molecule has 20 nitrogen and oxygen atoms in total. The third-order valence-corrected chi connectivity index (χ3v) is 10.6. The fourth-order valence-electron chi connectivity index (χ4n) is 6.29. The average molecular weight is 1140 g/mol. The zero-order valence-electron chi connectivity index (χ0n) is 47.8. The van der Waals surface area contributed by atoms with Gasteiger partial charge in [-0.05, 0) is 148 Å². The van der Waals surface area contributed by atoms with Gasteiger partial charge in [0.2, 0.25) is 5.88 Å². The van der Waals surface area contributed by atoms with Crippen LogP contribution in [0.3, 0.4) is 0 Å². The number of aromatic carboxylic acids is 1. The number of rotatable bonds is 8. The molecular formula is C64H72N12O8. The number of benzene rings is 1. The lowest BCUT2D eigenvalue weighted by Crippen LogP contribution is -2.17. The van der Waals surface area contributed by atoms with Crippen LogP contribution in [0.4, 0.5) is 22.9 Å². The maximum Gasteiger partial charge on any atom is 0.339 e. The molecule has 0 saturated carbocycles. The molecule has 0 aliphatic carbocycles. The Morgan fingerprint density at radius 2 is 1.08 bits per heavy atom. The Kier molecular flexibility index (Phi) is 33.9. The molecule has 9 aromatic heterocycles. The van der Waals surface area contributed by atoms with Gasteiger partial charge in [0.25, 0.3) is 0 Å². The second-order valence-electron chi connectivity index (χ2n) is 17.2. The van der Waals surface area contributed by atoms with Crippen LogP contribution < -0.4 is 19.9 Å². The number of pyridine rings is 9. The van der Waals surface area contributed by atoms with Crippen LogP contribution >= 0.6 is 0 Å². The van der Waals surface area contributed by atoms with Crippen molar-refractivity contribution in [3.63, 3.8) is 0 Å². The van der Waals surface area contributed by atoms with E-state index in [0.717, 1.165) is 22.8 Å². The zero-order chi connectivity index (χ0) is 60.8. The van der Waals surface area contributed by atoms with Gasteiger partial charge in [-0.25, -0.2) is 19.6 Å². The van der Waals surface area contributed by atoms with Crippen LogP contribution in [0.15, 0.2) is 245 Å². The molecule has 0 radical (unpaired) electrons. The highest BCUT2D eigenvalue weighted by molar-refractivity contribution is 5.88. The van der Waals surface area contributed by atoms with Crippen LogP contribution in [0.5, 0.6) is 17.4 Å². The lowest BCUT2D eigenvalue weighted by molar-refractivity contribution is 0.0599. The van der Waals surface area contributed by atoms with Gasteiger partial charge in [0.15, 0.2) is 0 Å². The first-order valence-electron chi connectivity index (χ1n) is 26.1. The molecule has 1 aliphatic rings. The van der Waals surface area contributed by atoms with Crippen LogP contribution in [-0.2, 0) is 4.74 Å². The summed E-state index contributed by atoms with van der Waals surface area (Å²) in [4.78, 5) is 59.9. The van der Waals surface area contributed by atoms with Crippen LogP contribution in [0.25, 0.3) is 0 Å². The minimum absolute atomic E-state index is 0.211. The second-order valence-corrected chi connectivity index (χ2v) is 17.2. The Bertz CT molecular complexity index is 3070. The van der Waals surface area contributed by atoms with Crippen molar-refractivity contribution in [2.24, 2.45) is 0 Å². The standard InChI is InChI=1S/C11H10N2.C9H12N2.C7H10N2.C7H7NO2.C7H9NO.C6H5NO2.2C6H7NO.C5H5NO/c1-2-6-10(7-3-1)13-11-8-4-5-9-12-11;1-2-8-11(7-1)9-3-5-10-6-4-9;1-9(2)7-3-5-8-6-4-7;1-10-7(9)6-3-2-4-8-5-6;1-6(9)7-2-4-8-5-3-7;8-6(9)5-2-1-3-7-4-5;1-5-2-3-6(8)4-7-5;1-8-6-4-2-3-5-7-6;7-5-2-1-3-6-4-5/h1-9H,(H,12,13);3-6H,1-2,7-8H2;3-6H,1-2H3;2-5H,1H3;2-6,9H,1H3;1-4H,(H,8,9);2-4,8H,1H3;2-5H,1H3;1-4,7H. The summed E-state index contributed by atoms with van der Waals surface area (Å²) in [6.07, 6.45) is 26.7. The van der Waals surface area contributed by atoms with Crippen LogP contribution in [-0.4, -0.2) is 119 Å². The number of aromatic nitrogens is 9. The number of methoxy groups -OCH3 is 2. The van der Waals surface area contributed by atoms with Crippen molar-refractivity contribution >= 4 is 34.8 Å². The molecule has 1 unspecified atom stereocenters. The quantitative estimate of drug-likeness (QED) is 0.0885. The Hall–Kier alpha value is -10.7. The number of aryl methyl sites for hydroxylation is 1. The monoisotopic (exact) mass is 1140 g/mol. The van der Waals surface area contributed by atoms with E-state index >= 15 is 0 Å². The van der Waals surface area contributed by atoms with Gasteiger partial charge in [-0.15, -0.1) is 0 Å². The summed E-state index contributed by atoms with van der Waals surface area (Å²) in [5, 5.41) is 37.8. The van der Waals surface area contributed by atoms with Gasteiger partial charge in [-0.3, -0.25) is 34.9 Å². The van der Waals surface area contributed by atoms with Gasteiger partial charge < -0.3 is 45.0 Å². The molecule has 1 aliphatic heterocycles. The fraction of sp³-hybridized carbons (Fsp3) is 0.172. The first kappa shape index (κ1) is 67.5. The van der Waals surface area contributed by atoms with Crippen molar-refractivity contribution in [2.45, 2.75) is 32.8 Å². The van der Waals surface area contributed by atoms with Crippen LogP contribution in [0.1, 0.15) is 57.8 Å². The molecule has 436 valence electrons. The Morgan fingerprint density at radius 1 is 0.548 bits per heavy atom. The number of aliphatic hydroxyl groups excluding tert-OH is 1. The van der Waals surface area contributed by atoms with Crippen LogP contribution in [0.2, 0.25) is 0 Å².